The first-order chi connectivity index (χ1) is 7.33. The van der Waals surface area contributed by atoms with Gasteiger partial charge in [-0.15, -0.1) is 0 Å². The van der Waals surface area contributed by atoms with E-state index in [2.05, 4.69) is 17.1 Å². The fourth-order valence-corrected chi connectivity index (χ4v) is 1.78. The number of nitrogens with one attached hydrogen (secondary N) is 1. The maximum absolute atomic E-state index is 5.83. The van der Waals surface area contributed by atoms with Crippen molar-refractivity contribution in [3.05, 3.63) is 0 Å². The Kier molecular flexibility index (Phi) is 10.3. The van der Waals surface area contributed by atoms with Crippen LogP contribution in [0.15, 0.2) is 0 Å². The van der Waals surface area contributed by atoms with Gasteiger partial charge in [0.2, 0.25) is 0 Å². The van der Waals surface area contributed by atoms with Gasteiger partial charge >= 0.3 is 0 Å². The number of nitrogens with two attached hydrogens (primary N) is 1. The number of likely N-dealkylation sites (tertiary alicyclic amines) is 1. The molecule has 0 spiro atoms. The van der Waals surface area contributed by atoms with Crippen LogP contribution in [-0.4, -0.2) is 43.7 Å². The first-order valence-electron chi connectivity index (χ1n) is 6.51. The zero-order chi connectivity index (χ0) is 11.5. The van der Waals surface area contributed by atoms with Crippen LogP contribution in [0.25, 0.3) is 0 Å². The molecule has 0 aliphatic carbocycles. The lowest BCUT2D eigenvalue weighted by Gasteiger charge is -2.29. The fraction of sp³-hybridized carbons (Fsp3) is 1.00. The van der Waals surface area contributed by atoms with E-state index in [4.69, 9.17) is 5.73 Å². The summed E-state index contributed by atoms with van der Waals surface area (Å²) in [5.74, 6) is 0. The number of nitrogens with zero attached hydrogens (tertiary/aromatic N) is 1. The number of hydrogen-bond acceptors (Lipinski definition) is 3. The van der Waals surface area contributed by atoms with E-state index in [1.165, 1.54) is 38.9 Å². The van der Waals surface area contributed by atoms with Crippen molar-refractivity contribution in [2.45, 2.75) is 46.1 Å². The largest absolute Gasteiger partial charge is 0.328 e. The quantitative estimate of drug-likeness (QED) is 0.694. The Morgan fingerprint density at radius 1 is 1.33 bits per heavy atom. The highest BCUT2D eigenvalue weighted by Gasteiger charge is 2.14. The molecular weight excluding hydrogens is 186 g/mol. The molecule has 0 bridgehead atoms. The fourth-order valence-electron chi connectivity index (χ4n) is 1.78. The minimum atomic E-state index is 0. The third kappa shape index (κ3) is 7.77. The lowest BCUT2D eigenvalue weighted by atomic mass is 10.1. The molecule has 1 aliphatic rings. The van der Waals surface area contributed by atoms with Crippen molar-refractivity contribution in [2.24, 2.45) is 5.73 Å². The van der Waals surface area contributed by atoms with Crippen LogP contribution in [0.2, 0.25) is 0 Å². The summed E-state index contributed by atoms with van der Waals surface area (Å²) in [6.07, 6.45) is 3.63. The van der Waals surface area contributed by atoms with E-state index in [1.54, 1.807) is 0 Å². The van der Waals surface area contributed by atoms with Gasteiger partial charge in [-0.3, -0.25) is 0 Å². The van der Waals surface area contributed by atoms with E-state index in [0.29, 0.717) is 6.04 Å². The second kappa shape index (κ2) is 10.4. The van der Waals surface area contributed by atoms with Crippen molar-refractivity contribution in [3.63, 3.8) is 0 Å². The number of rotatable bonds is 5. The zero-order valence-corrected chi connectivity index (χ0v) is 10.8. The van der Waals surface area contributed by atoms with Gasteiger partial charge in [0.15, 0.2) is 0 Å². The summed E-state index contributed by atoms with van der Waals surface area (Å²) in [4.78, 5) is 2.53. The van der Waals surface area contributed by atoms with Crippen LogP contribution < -0.4 is 11.1 Å². The number of piperidine rings is 1. The van der Waals surface area contributed by atoms with E-state index in [1.807, 2.05) is 13.8 Å². The molecule has 1 aliphatic heterocycles. The van der Waals surface area contributed by atoms with E-state index < -0.39 is 0 Å². The molecule has 1 fully saturated rings. The Hall–Kier alpha value is -0.120. The smallest absolute Gasteiger partial charge is 0.00631 e. The molecule has 1 heterocycles. The summed E-state index contributed by atoms with van der Waals surface area (Å²) >= 11 is 0. The molecule has 15 heavy (non-hydrogen) atoms. The molecule has 0 radical (unpaired) electrons. The van der Waals surface area contributed by atoms with Crippen molar-refractivity contribution in [1.29, 1.82) is 0 Å². The molecule has 0 amide bonds. The first kappa shape index (κ1) is 14.9. The molecule has 96 valence electrons. The van der Waals surface area contributed by atoms with Gasteiger partial charge in [0.05, 0.1) is 0 Å². The van der Waals surface area contributed by atoms with Crippen LogP contribution in [-0.2, 0) is 0 Å². The van der Waals surface area contributed by atoms with Crippen LogP contribution >= 0.6 is 0 Å². The maximum Gasteiger partial charge on any atom is 0.00631 e. The number of hydrogen-bond donors (Lipinski definition) is 2. The van der Waals surface area contributed by atoms with E-state index in [0.717, 1.165) is 13.1 Å². The van der Waals surface area contributed by atoms with Crippen molar-refractivity contribution in [1.82, 2.24) is 10.2 Å². The minimum Gasteiger partial charge on any atom is -0.328 e. The summed E-state index contributed by atoms with van der Waals surface area (Å²) in [6, 6.07) is 0.463. The van der Waals surface area contributed by atoms with Crippen LogP contribution in [0.5, 0.6) is 0 Å². The molecule has 1 rings (SSSR count). The highest BCUT2D eigenvalue weighted by Crippen LogP contribution is 2.07. The third-order valence-corrected chi connectivity index (χ3v) is 2.71. The molecule has 3 N–H and O–H groups in total. The minimum absolute atomic E-state index is 0. The summed E-state index contributed by atoms with van der Waals surface area (Å²) in [5, 5.41) is 3.35. The van der Waals surface area contributed by atoms with Crippen molar-refractivity contribution >= 4 is 0 Å². The van der Waals surface area contributed by atoms with Crippen molar-refractivity contribution < 1.29 is 2.85 Å². The van der Waals surface area contributed by atoms with Crippen molar-refractivity contribution in [3.8, 4) is 0 Å². The topological polar surface area (TPSA) is 41.3 Å². The van der Waals surface area contributed by atoms with E-state index in [-0.39, 0.29) is 2.85 Å². The van der Waals surface area contributed by atoms with Crippen LogP contribution in [0, 0.1) is 0 Å². The lowest BCUT2D eigenvalue weighted by Crippen LogP contribution is -2.40. The second-order valence-electron chi connectivity index (χ2n) is 3.89. The van der Waals surface area contributed by atoms with Gasteiger partial charge < -0.3 is 16.0 Å². The highest BCUT2D eigenvalue weighted by molar-refractivity contribution is 4.73. The Morgan fingerprint density at radius 3 is 2.47 bits per heavy atom. The molecule has 0 aromatic heterocycles. The Morgan fingerprint density at radius 2 is 1.93 bits per heavy atom. The lowest BCUT2D eigenvalue weighted by molar-refractivity contribution is 0.211. The van der Waals surface area contributed by atoms with Gasteiger partial charge in [-0.2, -0.15) is 0 Å². The molecule has 0 saturated carbocycles. The van der Waals surface area contributed by atoms with E-state index >= 15 is 0 Å². The van der Waals surface area contributed by atoms with Gasteiger partial charge in [-0.05, 0) is 52.0 Å². The molecule has 3 nitrogen and oxygen atoms in total. The predicted octanol–water partition coefficient (Wildman–Crippen LogP) is 1.93. The summed E-state index contributed by atoms with van der Waals surface area (Å²) in [6.45, 7) is 12.0. The van der Waals surface area contributed by atoms with Crippen molar-refractivity contribution in [2.75, 3.05) is 32.7 Å². The molecule has 0 aromatic carbocycles. The predicted molar refractivity (Wildman–Crippen MR) is 72.4 cm³/mol. The van der Waals surface area contributed by atoms with E-state index in [9.17, 15) is 0 Å². The summed E-state index contributed by atoms with van der Waals surface area (Å²) < 4.78 is 0. The van der Waals surface area contributed by atoms with Gasteiger partial charge in [0.25, 0.3) is 0 Å². The monoisotopic (exact) mass is 219 g/mol. The normalized spacial score (nSPS) is 18.4. The molecule has 1 saturated heterocycles. The van der Waals surface area contributed by atoms with Crippen LogP contribution in [0.4, 0.5) is 0 Å². The summed E-state index contributed by atoms with van der Waals surface area (Å²) in [5.41, 5.74) is 5.83. The molecule has 0 unspecified atom stereocenters. The second-order valence-corrected chi connectivity index (χ2v) is 3.89. The zero-order valence-electron chi connectivity index (χ0n) is 10.8. The van der Waals surface area contributed by atoms with Crippen LogP contribution in [0.3, 0.4) is 0 Å². The van der Waals surface area contributed by atoms with Gasteiger partial charge in [-0.25, -0.2) is 0 Å². The third-order valence-electron chi connectivity index (χ3n) is 2.71. The summed E-state index contributed by atoms with van der Waals surface area (Å²) in [7, 11) is 0. The van der Waals surface area contributed by atoms with Gasteiger partial charge in [0, 0.05) is 8.90 Å². The molecule has 0 aromatic rings. The Balaban J connectivity index is -0.000000464. The molecule has 0 atom stereocenters. The maximum atomic E-state index is 5.83. The SMILES string of the molecule is CC.CCNCCCN1CCC(N)CC1.[HH].[HH]. The average Bonchev–Trinajstić information content (AvgIpc) is 2.30. The molecule has 3 heteroatoms. The standard InChI is InChI=1S/C10H23N3.C2H6.2H2/c1-2-12-6-3-7-13-8-4-10(11)5-9-13;1-2;;/h10,12H,2-9,11H2,1H3;1-2H3;2*1H. The average molecular weight is 219 g/mol. The Labute approximate surface area is 98.4 Å². The molecular formula is C12H33N3. The first-order valence-corrected chi connectivity index (χ1v) is 6.51. The Bertz CT molecular complexity index is 129. The highest BCUT2D eigenvalue weighted by atomic mass is 15.1. The van der Waals surface area contributed by atoms with Gasteiger partial charge in [0.1, 0.15) is 0 Å². The van der Waals surface area contributed by atoms with Gasteiger partial charge in [-0.1, -0.05) is 20.8 Å². The van der Waals surface area contributed by atoms with Crippen LogP contribution in [0.1, 0.15) is 42.9 Å².